The number of rotatable bonds is 1. The zero-order valence-electron chi connectivity index (χ0n) is 11.5. The van der Waals surface area contributed by atoms with Crippen LogP contribution in [0.5, 0.6) is 5.75 Å². The van der Waals surface area contributed by atoms with Gasteiger partial charge in [0.2, 0.25) is 0 Å². The average molecular weight is 292 g/mol. The highest BCUT2D eigenvalue weighted by atomic mass is 32.2. The smallest absolute Gasteiger partial charge is 0.122 e. The fourth-order valence-corrected chi connectivity index (χ4v) is 6.22. The zero-order chi connectivity index (χ0) is 13.7. The van der Waals surface area contributed by atoms with Crippen molar-refractivity contribution in [2.24, 2.45) is 0 Å². The van der Waals surface area contributed by atoms with E-state index in [2.05, 4.69) is 6.07 Å². The largest absolute Gasteiger partial charge is 0.493 e. The molecule has 0 spiro atoms. The molecule has 108 valence electrons. The van der Waals surface area contributed by atoms with Gasteiger partial charge in [-0.15, -0.1) is 0 Å². The van der Waals surface area contributed by atoms with Gasteiger partial charge in [0.1, 0.15) is 5.75 Å². The first kappa shape index (κ1) is 12.8. The Hall–Kier alpha value is -0.870. The van der Waals surface area contributed by atoms with E-state index in [4.69, 9.17) is 4.74 Å². The van der Waals surface area contributed by atoms with Crippen LogP contribution < -0.4 is 4.74 Å². The molecule has 3 heterocycles. The summed E-state index contributed by atoms with van der Waals surface area (Å²) in [4.78, 5) is 0. The van der Waals surface area contributed by atoms with Crippen LogP contribution in [0.3, 0.4) is 0 Å². The van der Waals surface area contributed by atoms with E-state index in [0.29, 0.717) is 12.8 Å². The van der Waals surface area contributed by atoms with Crippen LogP contribution in [0, 0.1) is 0 Å². The molecule has 2 atom stereocenters. The van der Waals surface area contributed by atoms with Crippen molar-refractivity contribution in [3.8, 4) is 5.75 Å². The number of hydrogen-bond acceptors (Lipinski definition) is 3. The maximum Gasteiger partial charge on any atom is 0.122 e. The Balaban J connectivity index is 1.69. The van der Waals surface area contributed by atoms with Gasteiger partial charge >= 0.3 is 0 Å². The summed E-state index contributed by atoms with van der Waals surface area (Å²) in [6, 6.07) is 6.08. The van der Waals surface area contributed by atoms with Crippen LogP contribution in [0.1, 0.15) is 43.2 Å². The molecule has 3 nitrogen and oxygen atoms in total. The van der Waals surface area contributed by atoms with Crippen LogP contribution in [-0.4, -0.2) is 26.4 Å². The first-order valence-corrected chi connectivity index (χ1v) is 8.81. The third-order valence-corrected chi connectivity index (χ3v) is 7.19. The molecule has 3 aliphatic heterocycles. The summed E-state index contributed by atoms with van der Waals surface area (Å²) in [5.74, 6) is 0.955. The Morgan fingerprint density at radius 2 is 2.00 bits per heavy atom. The van der Waals surface area contributed by atoms with Crippen molar-refractivity contribution in [3.05, 3.63) is 29.3 Å². The number of ether oxygens (including phenoxy) is 1. The van der Waals surface area contributed by atoms with Gasteiger partial charge in [-0.3, -0.25) is 4.21 Å². The van der Waals surface area contributed by atoms with Crippen LogP contribution in [0.15, 0.2) is 18.2 Å². The van der Waals surface area contributed by atoms with E-state index in [1.807, 2.05) is 12.1 Å². The second kappa shape index (κ2) is 4.57. The highest BCUT2D eigenvalue weighted by Crippen LogP contribution is 2.45. The maximum absolute atomic E-state index is 12.3. The number of hydrogen-bond donors (Lipinski definition) is 1. The molecule has 2 unspecified atom stereocenters. The Morgan fingerprint density at radius 1 is 1.25 bits per heavy atom. The summed E-state index contributed by atoms with van der Waals surface area (Å²) < 4.78 is 17.8. The zero-order valence-corrected chi connectivity index (χ0v) is 12.3. The highest BCUT2D eigenvalue weighted by molar-refractivity contribution is 7.86. The average Bonchev–Trinajstić information content (AvgIpc) is 2.88. The summed E-state index contributed by atoms with van der Waals surface area (Å²) in [7, 11) is -0.740. The van der Waals surface area contributed by atoms with Crippen molar-refractivity contribution in [1.29, 1.82) is 0 Å². The molecule has 1 N–H and O–H groups in total. The third-order valence-electron chi connectivity index (χ3n) is 5.07. The SMILES string of the molecule is O=S1C2CCCC1CC(O)(c1ccc3c(c1)CCO3)C2. The van der Waals surface area contributed by atoms with E-state index in [1.54, 1.807) is 0 Å². The standard InChI is InChI=1S/C16H20O3S/c17-16(9-13-2-1-3-14(10-16)20(13)18)12-4-5-15-11(8-12)6-7-19-15/h4-5,8,13-14,17H,1-3,6-7,9-10H2. The third kappa shape index (κ3) is 1.92. The highest BCUT2D eigenvalue weighted by Gasteiger charge is 2.46. The molecule has 20 heavy (non-hydrogen) atoms. The van der Waals surface area contributed by atoms with Crippen LogP contribution in [0.2, 0.25) is 0 Å². The van der Waals surface area contributed by atoms with Crippen molar-refractivity contribution in [2.45, 2.75) is 54.6 Å². The lowest BCUT2D eigenvalue weighted by molar-refractivity contribution is 0.00648. The van der Waals surface area contributed by atoms with Gasteiger partial charge in [-0.2, -0.15) is 0 Å². The molecule has 3 aliphatic rings. The Bertz CT molecular complexity index is 553. The predicted molar refractivity (Wildman–Crippen MR) is 78.3 cm³/mol. The molecule has 2 saturated heterocycles. The lowest BCUT2D eigenvalue weighted by Gasteiger charge is -2.43. The Labute approximate surface area is 121 Å². The van der Waals surface area contributed by atoms with Gasteiger partial charge in [0, 0.05) is 27.7 Å². The normalized spacial score (nSPS) is 39.1. The summed E-state index contributed by atoms with van der Waals surface area (Å²) in [5, 5.41) is 11.5. The van der Waals surface area contributed by atoms with E-state index in [0.717, 1.165) is 43.6 Å². The van der Waals surface area contributed by atoms with E-state index in [1.165, 1.54) is 5.56 Å². The van der Waals surface area contributed by atoms with Crippen molar-refractivity contribution < 1.29 is 14.1 Å². The summed E-state index contributed by atoms with van der Waals surface area (Å²) >= 11 is 0. The molecule has 4 heteroatoms. The number of fused-ring (bicyclic) bond motifs is 3. The molecule has 1 aromatic carbocycles. The minimum Gasteiger partial charge on any atom is -0.493 e. The van der Waals surface area contributed by atoms with Gasteiger partial charge in [0.25, 0.3) is 0 Å². The number of aliphatic hydroxyl groups is 1. The molecule has 2 fully saturated rings. The van der Waals surface area contributed by atoms with Crippen molar-refractivity contribution in [2.75, 3.05) is 6.61 Å². The molecule has 0 radical (unpaired) electrons. The van der Waals surface area contributed by atoms with Gasteiger partial charge in [-0.05, 0) is 48.9 Å². The maximum atomic E-state index is 12.3. The van der Waals surface area contributed by atoms with Crippen LogP contribution in [0.25, 0.3) is 0 Å². The van der Waals surface area contributed by atoms with Crippen molar-refractivity contribution in [3.63, 3.8) is 0 Å². The topological polar surface area (TPSA) is 46.5 Å². The quantitative estimate of drug-likeness (QED) is 0.864. The van der Waals surface area contributed by atoms with Gasteiger partial charge in [-0.25, -0.2) is 0 Å². The molecule has 2 bridgehead atoms. The van der Waals surface area contributed by atoms with Gasteiger partial charge < -0.3 is 9.84 Å². The lowest BCUT2D eigenvalue weighted by Crippen LogP contribution is -2.47. The van der Waals surface area contributed by atoms with E-state index in [9.17, 15) is 9.32 Å². The van der Waals surface area contributed by atoms with Gasteiger partial charge in [-0.1, -0.05) is 12.5 Å². The summed E-state index contributed by atoms with van der Waals surface area (Å²) in [6.45, 7) is 0.743. The Morgan fingerprint density at radius 3 is 2.75 bits per heavy atom. The first-order chi connectivity index (χ1) is 9.66. The lowest BCUT2D eigenvalue weighted by atomic mass is 9.80. The van der Waals surface area contributed by atoms with Crippen LogP contribution in [0.4, 0.5) is 0 Å². The fraction of sp³-hybridized carbons (Fsp3) is 0.625. The molecular formula is C16H20O3S. The molecule has 0 amide bonds. The Kier molecular flexibility index (Phi) is 2.93. The molecule has 4 rings (SSSR count). The fourth-order valence-electron chi connectivity index (χ4n) is 3.99. The monoisotopic (exact) mass is 292 g/mol. The number of benzene rings is 1. The first-order valence-electron chi connectivity index (χ1n) is 7.54. The predicted octanol–water partition coefficient (Wildman–Crippen LogP) is 2.27. The molecule has 0 saturated carbocycles. The van der Waals surface area contributed by atoms with E-state index >= 15 is 0 Å². The van der Waals surface area contributed by atoms with Crippen LogP contribution in [-0.2, 0) is 22.8 Å². The molecule has 0 aromatic heterocycles. The molecule has 0 aliphatic carbocycles. The van der Waals surface area contributed by atoms with Gasteiger partial charge in [0.15, 0.2) is 0 Å². The van der Waals surface area contributed by atoms with E-state index in [-0.39, 0.29) is 10.5 Å². The van der Waals surface area contributed by atoms with Gasteiger partial charge in [0.05, 0.1) is 12.2 Å². The minimum absolute atomic E-state index is 0.178. The second-order valence-corrected chi connectivity index (χ2v) is 8.35. The van der Waals surface area contributed by atoms with Crippen LogP contribution >= 0.6 is 0 Å². The minimum atomic E-state index is -0.790. The molecule has 1 aromatic rings. The van der Waals surface area contributed by atoms with Crippen molar-refractivity contribution >= 4 is 10.8 Å². The second-order valence-electron chi connectivity index (χ2n) is 6.36. The molecular weight excluding hydrogens is 272 g/mol. The summed E-state index contributed by atoms with van der Waals surface area (Å²) in [6.07, 6.45) is 5.39. The summed E-state index contributed by atoms with van der Waals surface area (Å²) in [5.41, 5.74) is 1.41. The van der Waals surface area contributed by atoms with Crippen molar-refractivity contribution in [1.82, 2.24) is 0 Å². The van der Waals surface area contributed by atoms with E-state index < -0.39 is 16.4 Å².